The van der Waals surface area contributed by atoms with E-state index in [2.05, 4.69) is 10.3 Å². The number of aromatic nitrogens is 1. The third kappa shape index (κ3) is 4.66. The lowest BCUT2D eigenvalue weighted by atomic mass is 10.0. The Hall–Kier alpha value is -3.11. The summed E-state index contributed by atoms with van der Waals surface area (Å²) in [6.07, 6.45) is -2.50. The molecule has 7 nitrogen and oxygen atoms in total. The van der Waals surface area contributed by atoms with Gasteiger partial charge in [0.25, 0.3) is 5.69 Å². The molecular weight excluding hydrogens is 396 g/mol. The molecule has 1 aliphatic heterocycles. The van der Waals surface area contributed by atoms with Crippen molar-refractivity contribution in [3.05, 3.63) is 52.0 Å². The molecule has 29 heavy (non-hydrogen) atoms. The Morgan fingerprint density at radius 2 is 1.97 bits per heavy atom. The van der Waals surface area contributed by atoms with Gasteiger partial charge in [-0.1, -0.05) is 0 Å². The Morgan fingerprint density at radius 1 is 1.28 bits per heavy atom. The van der Waals surface area contributed by atoms with Gasteiger partial charge in [-0.3, -0.25) is 10.1 Å². The summed E-state index contributed by atoms with van der Waals surface area (Å²) in [6.45, 7) is 1.00. The van der Waals surface area contributed by atoms with Gasteiger partial charge in [0.05, 0.1) is 23.7 Å². The minimum absolute atomic E-state index is 0.107. The van der Waals surface area contributed by atoms with E-state index in [-0.39, 0.29) is 17.5 Å². The van der Waals surface area contributed by atoms with Crippen LogP contribution in [0.1, 0.15) is 18.4 Å². The van der Waals surface area contributed by atoms with Crippen LogP contribution in [-0.4, -0.2) is 36.1 Å². The van der Waals surface area contributed by atoms with Crippen LogP contribution in [0.15, 0.2) is 30.5 Å². The Morgan fingerprint density at radius 3 is 2.48 bits per heavy atom. The molecule has 1 N–H and O–H groups in total. The SMILES string of the molecule is COc1cc(NC2CCN(c3ccc(C(F)(F)F)cn3)CC2)c([N+](=O)[O-])cc1F. The van der Waals surface area contributed by atoms with E-state index in [0.717, 1.165) is 18.3 Å². The fourth-order valence-corrected chi connectivity index (χ4v) is 3.18. The van der Waals surface area contributed by atoms with Crippen molar-refractivity contribution in [3.8, 4) is 5.75 Å². The molecule has 0 spiro atoms. The number of hydrogen-bond acceptors (Lipinski definition) is 6. The highest BCUT2D eigenvalue weighted by molar-refractivity contribution is 5.65. The molecule has 0 atom stereocenters. The number of nitrogens with zero attached hydrogens (tertiary/aromatic N) is 3. The first-order valence-corrected chi connectivity index (χ1v) is 8.75. The number of methoxy groups -OCH3 is 1. The molecule has 0 radical (unpaired) electrons. The number of benzene rings is 1. The number of ether oxygens (including phenoxy) is 1. The van der Waals surface area contributed by atoms with Crippen LogP contribution in [0.3, 0.4) is 0 Å². The van der Waals surface area contributed by atoms with E-state index in [1.54, 1.807) is 0 Å². The predicted octanol–water partition coefficient (Wildman–Crippen LogP) is 4.24. The van der Waals surface area contributed by atoms with Crippen molar-refractivity contribution in [3.63, 3.8) is 0 Å². The largest absolute Gasteiger partial charge is 0.494 e. The first-order valence-electron chi connectivity index (χ1n) is 8.75. The van der Waals surface area contributed by atoms with E-state index in [1.807, 2.05) is 4.90 Å². The fraction of sp³-hybridized carbons (Fsp3) is 0.389. The summed E-state index contributed by atoms with van der Waals surface area (Å²) in [5.74, 6) is -0.497. The molecule has 2 aromatic rings. The zero-order chi connectivity index (χ0) is 21.2. The average molecular weight is 414 g/mol. The van der Waals surface area contributed by atoms with Crippen LogP contribution >= 0.6 is 0 Å². The summed E-state index contributed by atoms with van der Waals surface area (Å²) < 4.78 is 56.6. The fourth-order valence-electron chi connectivity index (χ4n) is 3.18. The van der Waals surface area contributed by atoms with Crippen LogP contribution in [0, 0.1) is 15.9 Å². The Kier molecular flexibility index (Phi) is 5.76. The number of hydrogen-bond donors (Lipinski definition) is 1. The van der Waals surface area contributed by atoms with Gasteiger partial charge in [-0.15, -0.1) is 0 Å². The van der Waals surface area contributed by atoms with Crippen molar-refractivity contribution in [2.75, 3.05) is 30.4 Å². The maximum absolute atomic E-state index is 13.8. The molecule has 1 saturated heterocycles. The van der Waals surface area contributed by atoms with E-state index in [9.17, 15) is 27.7 Å². The maximum atomic E-state index is 13.8. The lowest BCUT2D eigenvalue weighted by Crippen LogP contribution is -2.39. The highest BCUT2D eigenvalue weighted by atomic mass is 19.4. The third-order valence-corrected chi connectivity index (χ3v) is 4.72. The Bertz CT molecular complexity index is 882. The molecule has 11 heteroatoms. The first-order chi connectivity index (χ1) is 13.7. The van der Waals surface area contributed by atoms with Crippen LogP contribution in [0.25, 0.3) is 0 Å². The number of piperidine rings is 1. The van der Waals surface area contributed by atoms with Crippen LogP contribution in [0.4, 0.5) is 34.8 Å². The van der Waals surface area contributed by atoms with Gasteiger partial charge in [0.1, 0.15) is 11.5 Å². The first kappa shape index (κ1) is 20.6. The van der Waals surface area contributed by atoms with Crippen molar-refractivity contribution in [2.24, 2.45) is 0 Å². The third-order valence-electron chi connectivity index (χ3n) is 4.72. The molecule has 1 fully saturated rings. The predicted molar refractivity (Wildman–Crippen MR) is 97.7 cm³/mol. The van der Waals surface area contributed by atoms with E-state index in [4.69, 9.17) is 4.74 Å². The van der Waals surface area contributed by atoms with Crippen molar-refractivity contribution < 1.29 is 27.2 Å². The van der Waals surface area contributed by atoms with Crippen LogP contribution in [0.2, 0.25) is 0 Å². The number of rotatable bonds is 5. The van der Waals surface area contributed by atoms with E-state index >= 15 is 0 Å². The molecule has 0 unspecified atom stereocenters. The minimum Gasteiger partial charge on any atom is -0.494 e. The topological polar surface area (TPSA) is 80.5 Å². The molecule has 0 saturated carbocycles. The van der Waals surface area contributed by atoms with Crippen LogP contribution in [-0.2, 0) is 6.18 Å². The lowest BCUT2D eigenvalue weighted by molar-refractivity contribution is -0.384. The maximum Gasteiger partial charge on any atom is 0.417 e. The quantitative estimate of drug-likeness (QED) is 0.448. The number of anilines is 2. The Labute approximate surface area is 163 Å². The molecule has 1 aromatic heterocycles. The molecule has 1 aromatic carbocycles. The summed E-state index contributed by atoms with van der Waals surface area (Å²) in [5, 5.41) is 14.3. The van der Waals surface area contributed by atoms with E-state index in [1.165, 1.54) is 19.2 Å². The van der Waals surface area contributed by atoms with Crippen molar-refractivity contribution in [1.82, 2.24) is 4.98 Å². The number of nitro groups is 1. The smallest absolute Gasteiger partial charge is 0.417 e. The van der Waals surface area contributed by atoms with Gasteiger partial charge >= 0.3 is 6.18 Å². The monoisotopic (exact) mass is 414 g/mol. The number of halogens is 4. The van der Waals surface area contributed by atoms with Gasteiger partial charge in [0.2, 0.25) is 0 Å². The summed E-state index contributed by atoms with van der Waals surface area (Å²) in [7, 11) is 1.27. The number of pyridine rings is 1. The second-order valence-corrected chi connectivity index (χ2v) is 6.57. The van der Waals surface area contributed by atoms with Crippen LogP contribution < -0.4 is 15.0 Å². The average Bonchev–Trinajstić information content (AvgIpc) is 2.69. The van der Waals surface area contributed by atoms with Gasteiger partial charge in [-0.05, 0) is 25.0 Å². The standard InChI is InChI=1S/C18H18F4N4O3/c1-29-16-9-14(15(26(27)28)8-13(16)19)24-12-4-6-25(7-5-12)17-3-2-11(10-23-17)18(20,21)22/h2-3,8-10,12,24H,4-7H2,1H3. The van der Waals surface area contributed by atoms with E-state index in [0.29, 0.717) is 31.7 Å². The molecule has 1 aliphatic rings. The summed E-state index contributed by atoms with van der Waals surface area (Å²) in [5.41, 5.74) is -1.05. The van der Waals surface area contributed by atoms with Gasteiger partial charge in [-0.2, -0.15) is 13.2 Å². The van der Waals surface area contributed by atoms with Crippen molar-refractivity contribution in [2.45, 2.75) is 25.1 Å². The van der Waals surface area contributed by atoms with Gasteiger partial charge in [0, 0.05) is 31.4 Å². The van der Waals surface area contributed by atoms with Crippen LogP contribution in [0.5, 0.6) is 5.75 Å². The van der Waals surface area contributed by atoms with Gasteiger partial charge in [-0.25, -0.2) is 9.37 Å². The minimum atomic E-state index is -4.44. The molecular formula is C18H18F4N4O3. The second kappa shape index (κ2) is 8.10. The van der Waals surface area contributed by atoms with Gasteiger partial charge < -0.3 is 15.0 Å². The molecule has 156 valence electrons. The number of nitrogens with one attached hydrogen (secondary N) is 1. The molecule has 2 heterocycles. The molecule has 0 aliphatic carbocycles. The van der Waals surface area contributed by atoms with Crippen molar-refractivity contribution in [1.29, 1.82) is 0 Å². The van der Waals surface area contributed by atoms with E-state index < -0.39 is 28.2 Å². The molecule has 0 amide bonds. The second-order valence-electron chi connectivity index (χ2n) is 6.57. The zero-order valence-corrected chi connectivity index (χ0v) is 15.4. The summed E-state index contributed by atoms with van der Waals surface area (Å²) >= 11 is 0. The lowest BCUT2D eigenvalue weighted by Gasteiger charge is -2.33. The highest BCUT2D eigenvalue weighted by Crippen LogP contribution is 2.34. The molecule has 3 rings (SSSR count). The summed E-state index contributed by atoms with van der Waals surface area (Å²) in [4.78, 5) is 16.3. The number of nitro benzene ring substituents is 1. The normalized spacial score (nSPS) is 15.3. The zero-order valence-electron chi connectivity index (χ0n) is 15.4. The Balaban J connectivity index is 1.66. The highest BCUT2D eigenvalue weighted by Gasteiger charge is 2.31. The van der Waals surface area contributed by atoms with Crippen molar-refractivity contribution >= 4 is 17.2 Å². The van der Waals surface area contributed by atoms with Gasteiger partial charge in [0.15, 0.2) is 11.6 Å². The molecule has 0 bridgehead atoms. The number of alkyl halides is 3. The summed E-state index contributed by atoms with van der Waals surface area (Å²) in [6, 6.07) is 4.24.